The van der Waals surface area contributed by atoms with Crippen molar-refractivity contribution in [1.29, 1.82) is 0 Å². The number of methoxy groups -OCH3 is 2. The van der Waals surface area contributed by atoms with E-state index >= 15 is 8.78 Å². The molecule has 6 aromatic rings. The largest absolute Gasteiger partial charge is 0.495 e. The van der Waals surface area contributed by atoms with Crippen LogP contribution in [-0.2, 0) is 41.2 Å². The van der Waals surface area contributed by atoms with Crippen LogP contribution in [0.15, 0.2) is 89.4 Å². The molecule has 1 fully saturated rings. The molecule has 482 valence electrons. The molecule has 18 heteroatoms. The van der Waals surface area contributed by atoms with Gasteiger partial charge in [0.2, 0.25) is 0 Å². The van der Waals surface area contributed by atoms with Crippen molar-refractivity contribution in [3.8, 4) is 45.6 Å². The molecule has 3 aliphatic heterocycles. The van der Waals surface area contributed by atoms with Crippen LogP contribution in [0, 0.1) is 39.3 Å². The van der Waals surface area contributed by atoms with Crippen molar-refractivity contribution >= 4 is 40.4 Å². The van der Waals surface area contributed by atoms with Crippen LogP contribution in [0.5, 0.6) is 34.5 Å². The third kappa shape index (κ3) is 15.8. The first kappa shape index (κ1) is 67.7. The van der Waals surface area contributed by atoms with E-state index in [4.69, 9.17) is 47.2 Å². The molecule has 0 bridgehead atoms. The van der Waals surface area contributed by atoms with E-state index in [2.05, 4.69) is 15.9 Å². The minimum atomic E-state index is -0.781. The fourth-order valence-corrected chi connectivity index (χ4v) is 12.4. The summed E-state index contributed by atoms with van der Waals surface area (Å²) in [6.45, 7) is 25.1. The molecule has 0 spiro atoms. The highest BCUT2D eigenvalue weighted by atomic mass is 79.9. The highest BCUT2D eigenvalue weighted by molar-refractivity contribution is 9.10. The Hall–Kier alpha value is -6.70. The molecule has 0 aromatic heterocycles. The van der Waals surface area contributed by atoms with Crippen molar-refractivity contribution in [3.63, 3.8) is 0 Å². The van der Waals surface area contributed by atoms with Gasteiger partial charge < -0.3 is 57.4 Å². The number of hydrogen-bond acceptors (Lipinski definition) is 14. The van der Waals surface area contributed by atoms with Crippen LogP contribution in [0.25, 0.3) is 11.1 Å². The summed E-state index contributed by atoms with van der Waals surface area (Å²) in [6, 6.07) is 25.9. The van der Waals surface area contributed by atoms with Crippen LogP contribution in [0.4, 0.5) is 8.78 Å². The van der Waals surface area contributed by atoms with Crippen molar-refractivity contribution in [2.75, 3.05) is 40.6 Å². The Bertz CT molecular complexity index is 3550. The number of aryl methyl sites for hydroxylation is 4. The van der Waals surface area contributed by atoms with Gasteiger partial charge in [0.15, 0.2) is 0 Å². The molecule has 0 unspecified atom stereocenters. The first-order valence-electron chi connectivity index (χ1n) is 31.0. The number of carbonyl (C=O) groups is 2. The summed E-state index contributed by atoms with van der Waals surface area (Å²) in [7, 11) is 2.22. The van der Waals surface area contributed by atoms with E-state index in [1.807, 2.05) is 122 Å². The number of benzene rings is 6. The van der Waals surface area contributed by atoms with Gasteiger partial charge >= 0.3 is 19.1 Å². The van der Waals surface area contributed by atoms with Gasteiger partial charge in [-0.25, -0.2) is 8.78 Å². The van der Waals surface area contributed by atoms with Gasteiger partial charge in [-0.05, 0) is 207 Å². The van der Waals surface area contributed by atoms with Crippen LogP contribution in [-0.4, -0.2) is 92.3 Å². The maximum atomic E-state index is 15.3. The molecule has 6 aromatic carbocycles. The van der Waals surface area contributed by atoms with Crippen molar-refractivity contribution in [2.45, 2.75) is 181 Å². The van der Waals surface area contributed by atoms with E-state index in [0.29, 0.717) is 99.1 Å². The maximum Gasteiger partial charge on any atom is 0.495 e. The molecule has 11 rings (SSSR count). The first-order valence-corrected chi connectivity index (χ1v) is 31.8. The van der Waals surface area contributed by atoms with E-state index < -0.39 is 41.7 Å². The van der Waals surface area contributed by atoms with Gasteiger partial charge in [0, 0.05) is 63.5 Å². The summed E-state index contributed by atoms with van der Waals surface area (Å²) in [5.41, 5.74) is 9.96. The highest BCUT2D eigenvalue weighted by Gasteiger charge is 2.53. The molecule has 3 heterocycles. The van der Waals surface area contributed by atoms with Crippen molar-refractivity contribution in [2.24, 2.45) is 0 Å². The van der Waals surface area contributed by atoms with E-state index in [9.17, 15) is 19.8 Å². The number of carbonyl (C=O) groups excluding carboxylic acids is 2. The summed E-state index contributed by atoms with van der Waals surface area (Å²) in [5, 5.41) is 19.5. The Morgan fingerprint density at radius 1 is 0.600 bits per heavy atom. The van der Waals surface area contributed by atoms with Gasteiger partial charge in [-0.3, -0.25) is 9.59 Å². The zero-order valence-corrected chi connectivity index (χ0v) is 56.0. The number of esters is 2. The van der Waals surface area contributed by atoms with Crippen molar-refractivity contribution in [1.82, 2.24) is 0 Å². The van der Waals surface area contributed by atoms with Crippen LogP contribution in [0.3, 0.4) is 0 Å². The molecule has 14 nitrogen and oxygen atoms in total. The summed E-state index contributed by atoms with van der Waals surface area (Å²) in [4.78, 5) is 23.4. The van der Waals surface area contributed by atoms with Gasteiger partial charge in [0.1, 0.15) is 58.3 Å². The molecule has 4 atom stereocenters. The first-order chi connectivity index (χ1) is 42.4. The molecule has 0 amide bonds. The molecule has 2 N–H and O–H groups in total. The van der Waals surface area contributed by atoms with Crippen molar-refractivity contribution < 1.29 is 75.8 Å². The van der Waals surface area contributed by atoms with Gasteiger partial charge in [0.25, 0.3) is 0 Å². The number of ether oxygens (including phenoxy) is 8. The Morgan fingerprint density at radius 2 is 1.02 bits per heavy atom. The van der Waals surface area contributed by atoms with Gasteiger partial charge in [-0.15, -0.1) is 0 Å². The lowest BCUT2D eigenvalue weighted by Gasteiger charge is -2.32. The van der Waals surface area contributed by atoms with Gasteiger partial charge in [-0.1, -0.05) is 40.2 Å². The number of aliphatic hydroxyl groups is 2. The van der Waals surface area contributed by atoms with Crippen LogP contribution >= 0.6 is 15.9 Å². The average molecular weight is 1300 g/mol. The third-order valence-electron chi connectivity index (χ3n) is 17.8. The average Bonchev–Trinajstić information content (AvgIpc) is 1.59. The monoisotopic (exact) mass is 1300 g/mol. The summed E-state index contributed by atoms with van der Waals surface area (Å²) in [6.07, 6.45) is 3.58. The van der Waals surface area contributed by atoms with Gasteiger partial charge in [-0.2, -0.15) is 0 Å². The molecular weight excluding hydrogens is 1220 g/mol. The molecule has 5 aliphatic rings. The Balaban J connectivity index is 0.000000174. The second-order valence-corrected chi connectivity index (χ2v) is 27.3. The Morgan fingerprint density at radius 3 is 1.47 bits per heavy atom. The van der Waals surface area contributed by atoms with Crippen LogP contribution in [0.1, 0.15) is 174 Å². The predicted octanol–water partition coefficient (Wildman–Crippen LogP) is 14.6. The minimum Gasteiger partial charge on any atom is -0.493 e. The van der Waals surface area contributed by atoms with E-state index in [1.165, 1.54) is 37.5 Å². The zero-order chi connectivity index (χ0) is 65.2. The van der Waals surface area contributed by atoms with Gasteiger partial charge in [0.05, 0.1) is 75.9 Å². The molecule has 90 heavy (non-hydrogen) atoms. The topological polar surface area (TPSA) is 167 Å². The Labute approximate surface area is 537 Å². The van der Waals surface area contributed by atoms with Crippen molar-refractivity contribution in [3.05, 3.63) is 157 Å². The SMILES string of the molecule is COC(=O)C[C@@H]1COc2cc(O[C@@H]3CCc4c(-c5c(C)cc(OCCC(C)(C)O)cc5C)ccc(F)c43)ccc21.COC(=O)C[C@@H]1COc2cc(O[C@@H]3CCc4c(B5OC(C)(C)C(C)(C)O5)ccc(F)c43)ccc21.Cc1cc(OCCC(C)(C)O)cc(C)c1Br. The minimum absolute atomic E-state index is 0.0383. The highest BCUT2D eigenvalue weighted by Crippen LogP contribution is 2.47. The molecule has 1 saturated heterocycles. The fourth-order valence-electron chi connectivity index (χ4n) is 12.2. The molecular formula is C72H86BBrF2O14. The summed E-state index contributed by atoms with van der Waals surface area (Å²) >= 11 is 3.52. The molecule has 0 radical (unpaired) electrons. The van der Waals surface area contributed by atoms with Crippen LogP contribution < -0.4 is 33.9 Å². The van der Waals surface area contributed by atoms with E-state index in [0.717, 1.165) is 65.9 Å². The lowest BCUT2D eigenvalue weighted by atomic mass is 9.75. The smallest absolute Gasteiger partial charge is 0.493 e. The lowest BCUT2D eigenvalue weighted by Crippen LogP contribution is -2.41. The second-order valence-electron chi connectivity index (χ2n) is 26.5. The Kier molecular flexibility index (Phi) is 20.8. The number of hydrogen-bond donors (Lipinski definition) is 2. The summed E-state index contributed by atoms with van der Waals surface area (Å²) < 4.78 is 89.2. The lowest BCUT2D eigenvalue weighted by molar-refractivity contribution is -0.142. The second kappa shape index (κ2) is 27.6. The summed E-state index contributed by atoms with van der Waals surface area (Å²) in [5.74, 6) is 3.05. The quantitative estimate of drug-likeness (QED) is 0.0616. The predicted molar refractivity (Wildman–Crippen MR) is 346 cm³/mol. The molecule has 2 aliphatic carbocycles. The van der Waals surface area contributed by atoms with E-state index in [-0.39, 0.29) is 48.3 Å². The zero-order valence-electron chi connectivity index (χ0n) is 54.4. The number of halogens is 3. The third-order valence-corrected chi connectivity index (χ3v) is 19.1. The van der Waals surface area contributed by atoms with E-state index in [1.54, 1.807) is 33.8 Å². The van der Waals surface area contributed by atoms with Crippen LogP contribution in [0.2, 0.25) is 0 Å². The standard InChI is InChI=1S/C33H37FO6.C26H30BFO6.C13H19BrO2/c1-19-14-23(38-13-12-33(3,4)36)15-20(2)31(19)25-8-10-27(34)32-26(25)9-11-28(32)40-22-6-7-24-21(16-30(35)37-5)18-39-29(24)17-22;1-25(2)26(3,4)34-27(33-25)19-9-10-20(28)24-18(19)8-11-21(24)32-16-6-7-17-15(12-23(29)30-5)14-31-22(17)13-16;1-9-7-11(8-10(2)12(9)14)16-6-5-13(3,4)15/h6-8,10,14-15,17,21,28,36H,9,11-13,16,18H2,1-5H3;6-7,9-10,13,15,21H,8,11-12,14H2,1-5H3;7-8,15H,5-6H2,1-4H3/t21-,28-;15-,21-;/m11./s1. The normalized spacial score (nSPS) is 18.9. The fraction of sp³-hybridized carbons (Fsp3) is 0.472. The maximum absolute atomic E-state index is 15.3. The number of fused-ring (bicyclic) bond motifs is 4. The number of rotatable bonds is 18. The molecule has 0 saturated carbocycles.